The van der Waals surface area contributed by atoms with Crippen molar-refractivity contribution in [3.8, 4) is 5.88 Å². The monoisotopic (exact) mass is 257 g/mol. The number of hydrogen-bond acceptors (Lipinski definition) is 4. The lowest BCUT2D eigenvalue weighted by atomic mass is 10.3. The fraction of sp³-hybridized carbons (Fsp3) is 0.231. The molecule has 0 aromatic carbocycles. The van der Waals surface area contributed by atoms with E-state index in [0.29, 0.717) is 18.2 Å². The van der Waals surface area contributed by atoms with Gasteiger partial charge in [0, 0.05) is 25.1 Å². The molecule has 0 atom stereocenters. The number of nitrogens with two attached hydrogens (primary N) is 1. The third-order valence-corrected chi connectivity index (χ3v) is 2.90. The Morgan fingerprint density at radius 3 is 3.00 bits per heavy atom. The summed E-state index contributed by atoms with van der Waals surface area (Å²) >= 11 is 0. The van der Waals surface area contributed by atoms with Crippen molar-refractivity contribution in [3.63, 3.8) is 0 Å². The van der Waals surface area contributed by atoms with Gasteiger partial charge in [-0.1, -0.05) is 6.07 Å². The number of fused-ring (bicyclic) bond motifs is 1. The Morgan fingerprint density at radius 1 is 1.26 bits per heavy atom. The van der Waals surface area contributed by atoms with Crippen LogP contribution in [0.3, 0.4) is 0 Å². The van der Waals surface area contributed by atoms with Crippen molar-refractivity contribution in [2.24, 2.45) is 0 Å². The topological polar surface area (TPSA) is 70.4 Å². The quantitative estimate of drug-likeness (QED) is 0.704. The van der Waals surface area contributed by atoms with Gasteiger partial charge in [-0.05, 0) is 18.6 Å². The number of anilines is 1. The molecule has 3 rings (SSSR count). The van der Waals surface area contributed by atoms with Crippen LogP contribution in [0, 0.1) is 0 Å². The lowest BCUT2D eigenvalue weighted by molar-refractivity contribution is 0.291. The molecule has 0 saturated heterocycles. The summed E-state index contributed by atoms with van der Waals surface area (Å²) in [6.07, 6.45) is 8.22. The van der Waals surface area contributed by atoms with Gasteiger partial charge >= 0.3 is 0 Å². The minimum Gasteiger partial charge on any atom is -0.475 e. The third kappa shape index (κ3) is 2.37. The van der Waals surface area contributed by atoms with E-state index >= 15 is 0 Å². The van der Waals surface area contributed by atoms with E-state index in [1.165, 1.54) is 0 Å². The summed E-state index contributed by atoms with van der Waals surface area (Å²) < 4.78 is 9.36. The van der Waals surface area contributed by atoms with Crippen LogP contribution in [0.5, 0.6) is 5.88 Å². The molecule has 3 aromatic heterocycles. The van der Waals surface area contributed by atoms with Gasteiger partial charge in [0.15, 0.2) is 0 Å². The minimum absolute atomic E-state index is 0.497. The van der Waals surface area contributed by atoms with Crippen LogP contribution in [-0.2, 0) is 6.54 Å². The summed E-state index contributed by atoms with van der Waals surface area (Å²) in [5, 5.41) is 4.30. The van der Waals surface area contributed by atoms with Crippen molar-refractivity contribution >= 4 is 11.2 Å². The van der Waals surface area contributed by atoms with Crippen molar-refractivity contribution in [2.45, 2.75) is 13.0 Å². The first kappa shape index (κ1) is 11.6. The number of pyridine rings is 1. The molecule has 0 aliphatic carbocycles. The highest BCUT2D eigenvalue weighted by Crippen LogP contribution is 2.24. The highest BCUT2D eigenvalue weighted by atomic mass is 16.5. The number of aryl methyl sites for hydroxylation is 1. The number of aromatic nitrogens is 4. The summed E-state index contributed by atoms with van der Waals surface area (Å²) in [5.41, 5.74) is 7.45. The Balaban J connectivity index is 1.61. The zero-order valence-electron chi connectivity index (χ0n) is 10.4. The van der Waals surface area contributed by atoms with Gasteiger partial charge < -0.3 is 15.0 Å². The molecule has 0 saturated carbocycles. The summed E-state index contributed by atoms with van der Waals surface area (Å²) in [7, 11) is 0. The number of imidazole rings is 1. The van der Waals surface area contributed by atoms with Gasteiger partial charge in [-0.3, -0.25) is 0 Å². The van der Waals surface area contributed by atoms with Gasteiger partial charge in [0.1, 0.15) is 5.69 Å². The van der Waals surface area contributed by atoms with Gasteiger partial charge in [0.2, 0.25) is 0 Å². The maximum atomic E-state index is 5.99. The second-order valence-corrected chi connectivity index (χ2v) is 4.25. The number of hydrogen-bond donors (Lipinski definition) is 1. The fourth-order valence-electron chi connectivity index (χ4n) is 1.94. The van der Waals surface area contributed by atoms with Gasteiger partial charge in [-0.15, -0.1) is 5.10 Å². The first-order valence-electron chi connectivity index (χ1n) is 6.16. The number of rotatable bonds is 5. The van der Waals surface area contributed by atoms with Crippen LogP contribution >= 0.6 is 0 Å². The van der Waals surface area contributed by atoms with Crippen LogP contribution in [0.15, 0.2) is 43.1 Å². The van der Waals surface area contributed by atoms with E-state index < -0.39 is 0 Å². The maximum absolute atomic E-state index is 5.99. The Morgan fingerprint density at radius 2 is 2.21 bits per heavy atom. The normalized spacial score (nSPS) is 10.9. The zero-order valence-corrected chi connectivity index (χ0v) is 10.4. The predicted octanol–water partition coefficient (Wildman–Crippen LogP) is 1.58. The first-order valence-corrected chi connectivity index (χ1v) is 6.16. The standard InChI is InChI=1S/C13H15N5O/c14-12-11-4-1-2-7-18(11)16-13(12)19-9-3-6-17-8-5-15-10-17/h1-2,4-5,7-8,10H,3,6,9,14H2. The Hall–Kier alpha value is -2.50. The molecule has 98 valence electrons. The second-order valence-electron chi connectivity index (χ2n) is 4.25. The van der Waals surface area contributed by atoms with Crippen LogP contribution in [-0.4, -0.2) is 25.8 Å². The minimum atomic E-state index is 0.497. The second kappa shape index (κ2) is 5.01. The molecule has 2 N–H and O–H groups in total. The molecule has 0 spiro atoms. The molecule has 3 heterocycles. The van der Waals surface area contributed by atoms with E-state index in [2.05, 4.69) is 10.1 Å². The molecule has 0 aliphatic heterocycles. The Kier molecular flexibility index (Phi) is 3.06. The molecule has 6 heteroatoms. The molecule has 19 heavy (non-hydrogen) atoms. The SMILES string of the molecule is Nc1c(OCCCn2ccnc2)nn2ccccc12. The lowest BCUT2D eigenvalue weighted by Gasteiger charge is -2.04. The van der Waals surface area contributed by atoms with E-state index in [1.807, 2.05) is 35.2 Å². The molecule has 0 aliphatic rings. The highest BCUT2D eigenvalue weighted by Gasteiger charge is 2.09. The van der Waals surface area contributed by atoms with Gasteiger partial charge in [0.05, 0.1) is 18.5 Å². The lowest BCUT2D eigenvalue weighted by Crippen LogP contribution is -2.04. The summed E-state index contributed by atoms with van der Waals surface area (Å²) in [6, 6.07) is 5.75. The molecule has 6 nitrogen and oxygen atoms in total. The average Bonchev–Trinajstić information content (AvgIpc) is 3.04. The van der Waals surface area contributed by atoms with Crippen molar-refractivity contribution < 1.29 is 4.74 Å². The smallest absolute Gasteiger partial charge is 0.257 e. The fourth-order valence-corrected chi connectivity index (χ4v) is 1.94. The maximum Gasteiger partial charge on any atom is 0.257 e. The molecule has 3 aromatic rings. The van der Waals surface area contributed by atoms with E-state index in [-0.39, 0.29) is 0 Å². The number of nitrogens with zero attached hydrogens (tertiary/aromatic N) is 4. The molecule has 0 bridgehead atoms. The average molecular weight is 257 g/mol. The van der Waals surface area contributed by atoms with Crippen LogP contribution in [0.1, 0.15) is 6.42 Å². The van der Waals surface area contributed by atoms with E-state index in [1.54, 1.807) is 17.0 Å². The molecule has 0 amide bonds. The molecule has 0 radical (unpaired) electrons. The van der Waals surface area contributed by atoms with Crippen LogP contribution in [0.25, 0.3) is 5.52 Å². The van der Waals surface area contributed by atoms with E-state index in [4.69, 9.17) is 10.5 Å². The predicted molar refractivity (Wildman–Crippen MR) is 71.9 cm³/mol. The first-order chi connectivity index (χ1) is 9.34. The number of ether oxygens (including phenoxy) is 1. The third-order valence-electron chi connectivity index (χ3n) is 2.90. The van der Waals surface area contributed by atoms with Crippen molar-refractivity contribution in [1.82, 2.24) is 19.2 Å². The largest absolute Gasteiger partial charge is 0.475 e. The molecule has 0 fully saturated rings. The van der Waals surface area contributed by atoms with Gasteiger partial charge in [-0.2, -0.15) is 0 Å². The summed E-state index contributed by atoms with van der Waals surface area (Å²) in [5.74, 6) is 0.497. The Bertz CT molecular complexity index is 659. The highest BCUT2D eigenvalue weighted by molar-refractivity contribution is 5.74. The number of nitrogen functional groups attached to an aromatic ring is 1. The van der Waals surface area contributed by atoms with E-state index in [9.17, 15) is 0 Å². The van der Waals surface area contributed by atoms with Crippen LogP contribution < -0.4 is 10.5 Å². The van der Waals surface area contributed by atoms with Crippen LogP contribution in [0.2, 0.25) is 0 Å². The zero-order chi connectivity index (χ0) is 13.1. The molecular formula is C13H15N5O. The van der Waals surface area contributed by atoms with Gasteiger partial charge in [-0.25, -0.2) is 9.50 Å². The van der Waals surface area contributed by atoms with Crippen molar-refractivity contribution in [1.29, 1.82) is 0 Å². The summed E-state index contributed by atoms with van der Waals surface area (Å²) in [4.78, 5) is 3.99. The van der Waals surface area contributed by atoms with Crippen LogP contribution in [0.4, 0.5) is 5.69 Å². The van der Waals surface area contributed by atoms with Gasteiger partial charge in [0.25, 0.3) is 5.88 Å². The molecular weight excluding hydrogens is 242 g/mol. The van der Waals surface area contributed by atoms with Crippen molar-refractivity contribution in [2.75, 3.05) is 12.3 Å². The Labute approximate surface area is 110 Å². The van der Waals surface area contributed by atoms with E-state index in [0.717, 1.165) is 18.5 Å². The summed E-state index contributed by atoms with van der Waals surface area (Å²) in [6.45, 7) is 1.44. The van der Waals surface area contributed by atoms with Crippen molar-refractivity contribution in [3.05, 3.63) is 43.1 Å². The molecule has 0 unspecified atom stereocenters.